The molecule has 1 aromatic carbocycles. The molecule has 7 heteroatoms. The summed E-state index contributed by atoms with van der Waals surface area (Å²) in [7, 11) is 1.82. The fraction of sp³-hybridized carbons (Fsp3) is 0.381. The van der Waals surface area contributed by atoms with Gasteiger partial charge in [-0.3, -0.25) is 9.48 Å². The highest BCUT2D eigenvalue weighted by molar-refractivity contribution is 6.06. The molecule has 1 fully saturated rings. The Hall–Kier alpha value is -2.77. The van der Waals surface area contributed by atoms with Gasteiger partial charge >= 0.3 is 0 Å². The lowest BCUT2D eigenvalue weighted by atomic mass is 9.79. The van der Waals surface area contributed by atoms with Crippen LogP contribution in [0.3, 0.4) is 0 Å². The number of aliphatic hydroxyl groups is 1. The van der Waals surface area contributed by atoms with Crippen LogP contribution in [0.4, 0.5) is 0 Å². The summed E-state index contributed by atoms with van der Waals surface area (Å²) in [5.74, 6) is -0.226. The number of nitrogens with one attached hydrogen (secondary N) is 2. The molecule has 3 aromatic rings. The lowest BCUT2D eigenvalue weighted by molar-refractivity contribution is 0.0290. The van der Waals surface area contributed by atoms with Crippen LogP contribution in [0.5, 0.6) is 0 Å². The number of carbonyl (C=O) groups excluding carboxylic acids is 1. The molecule has 1 aliphatic heterocycles. The predicted molar refractivity (Wildman–Crippen MR) is 107 cm³/mol. The molecule has 0 spiro atoms. The maximum absolute atomic E-state index is 13.5. The number of nitrogens with zero attached hydrogens (tertiary/aromatic N) is 3. The Kier molecular flexibility index (Phi) is 4.64. The van der Waals surface area contributed by atoms with Crippen molar-refractivity contribution in [2.75, 3.05) is 13.1 Å². The molecule has 1 amide bonds. The standard InChI is InChI=1S/C21H25N5O2/c1-13-11-16(18-14(2)25-26(3)19(18)23-13)20(28)24-21(9-10-22-12-17(21)27)15-7-5-4-6-8-15/h4-8,11,17,22,27H,9-10,12H2,1-3H3,(H,24,28)/t17-,21-/m1/s1. The Labute approximate surface area is 163 Å². The van der Waals surface area contributed by atoms with E-state index in [0.717, 1.165) is 22.3 Å². The van der Waals surface area contributed by atoms with E-state index in [1.54, 1.807) is 10.7 Å². The van der Waals surface area contributed by atoms with E-state index in [1.807, 2.05) is 51.2 Å². The molecule has 0 aliphatic carbocycles. The number of piperidine rings is 1. The number of fused-ring (bicyclic) bond motifs is 1. The molecule has 1 aliphatic rings. The van der Waals surface area contributed by atoms with Crippen LogP contribution in [0.15, 0.2) is 36.4 Å². The van der Waals surface area contributed by atoms with Crippen LogP contribution >= 0.6 is 0 Å². The Bertz CT molecular complexity index is 1030. The Balaban J connectivity index is 1.81. The average Bonchev–Trinajstić information content (AvgIpc) is 2.97. The molecule has 0 unspecified atom stereocenters. The van der Waals surface area contributed by atoms with Gasteiger partial charge in [0.1, 0.15) is 0 Å². The molecule has 3 heterocycles. The Morgan fingerprint density at radius 3 is 2.79 bits per heavy atom. The van der Waals surface area contributed by atoms with E-state index in [4.69, 9.17) is 0 Å². The molecule has 4 rings (SSSR count). The van der Waals surface area contributed by atoms with Crippen molar-refractivity contribution in [2.24, 2.45) is 7.05 Å². The van der Waals surface area contributed by atoms with E-state index in [-0.39, 0.29) is 5.91 Å². The zero-order chi connectivity index (χ0) is 19.9. The van der Waals surface area contributed by atoms with Gasteiger partial charge in [-0.2, -0.15) is 5.10 Å². The van der Waals surface area contributed by atoms with Gasteiger partial charge in [-0.15, -0.1) is 0 Å². The van der Waals surface area contributed by atoms with Crippen molar-refractivity contribution in [3.63, 3.8) is 0 Å². The van der Waals surface area contributed by atoms with E-state index >= 15 is 0 Å². The fourth-order valence-corrected chi connectivity index (χ4v) is 4.17. The number of aromatic nitrogens is 3. The number of hydrogen-bond donors (Lipinski definition) is 3. The molecule has 2 aromatic heterocycles. The maximum Gasteiger partial charge on any atom is 0.252 e. The number of hydrogen-bond acceptors (Lipinski definition) is 5. The SMILES string of the molecule is Cc1cc(C(=O)N[C@@]2(c3ccccc3)CCNC[C@H]2O)c2c(C)nn(C)c2n1. The predicted octanol–water partition coefficient (Wildman–Crippen LogP) is 1.56. The molecule has 2 atom stereocenters. The Morgan fingerprint density at radius 1 is 1.32 bits per heavy atom. The van der Waals surface area contributed by atoms with E-state index in [2.05, 4.69) is 20.7 Å². The molecule has 146 valence electrons. The third-order valence-corrected chi connectivity index (χ3v) is 5.57. The van der Waals surface area contributed by atoms with Crippen molar-refractivity contribution < 1.29 is 9.90 Å². The van der Waals surface area contributed by atoms with Gasteiger partial charge in [-0.1, -0.05) is 30.3 Å². The smallest absolute Gasteiger partial charge is 0.252 e. The van der Waals surface area contributed by atoms with E-state index in [0.29, 0.717) is 30.7 Å². The Morgan fingerprint density at radius 2 is 2.07 bits per heavy atom. The summed E-state index contributed by atoms with van der Waals surface area (Å²) in [6.45, 7) is 4.88. The highest BCUT2D eigenvalue weighted by Crippen LogP contribution is 2.32. The van der Waals surface area contributed by atoms with Crippen LogP contribution < -0.4 is 10.6 Å². The number of amides is 1. The van der Waals surface area contributed by atoms with Crippen LogP contribution in [0.25, 0.3) is 11.0 Å². The molecule has 3 N–H and O–H groups in total. The largest absolute Gasteiger partial charge is 0.389 e. The second kappa shape index (κ2) is 7.00. The first-order valence-electron chi connectivity index (χ1n) is 9.50. The lowest BCUT2D eigenvalue weighted by Gasteiger charge is -2.43. The number of aryl methyl sites for hydroxylation is 3. The van der Waals surface area contributed by atoms with Crippen molar-refractivity contribution in [1.82, 2.24) is 25.4 Å². The van der Waals surface area contributed by atoms with Crippen LogP contribution in [0, 0.1) is 13.8 Å². The van der Waals surface area contributed by atoms with Gasteiger partial charge in [-0.05, 0) is 38.4 Å². The highest BCUT2D eigenvalue weighted by atomic mass is 16.3. The second-order valence-corrected chi connectivity index (χ2v) is 7.48. The first kappa shape index (κ1) is 18.6. The van der Waals surface area contributed by atoms with E-state index in [1.165, 1.54) is 0 Å². The normalized spacial score (nSPS) is 22.4. The van der Waals surface area contributed by atoms with Crippen LogP contribution in [-0.4, -0.2) is 45.0 Å². The van der Waals surface area contributed by atoms with Crippen molar-refractivity contribution in [3.05, 3.63) is 58.9 Å². The number of aliphatic hydroxyl groups excluding tert-OH is 1. The van der Waals surface area contributed by atoms with Crippen molar-refractivity contribution in [2.45, 2.75) is 31.9 Å². The number of pyridine rings is 1. The number of β-amino-alcohol motifs (C(OH)–C–C–N with tert-alkyl or cyclic N) is 1. The van der Waals surface area contributed by atoms with Gasteiger partial charge < -0.3 is 15.7 Å². The van der Waals surface area contributed by atoms with Gasteiger partial charge in [-0.25, -0.2) is 4.98 Å². The molecule has 0 saturated carbocycles. The fourth-order valence-electron chi connectivity index (χ4n) is 4.17. The molecule has 28 heavy (non-hydrogen) atoms. The summed E-state index contributed by atoms with van der Waals surface area (Å²) < 4.78 is 1.70. The van der Waals surface area contributed by atoms with Gasteiger partial charge in [0.25, 0.3) is 5.91 Å². The zero-order valence-electron chi connectivity index (χ0n) is 16.4. The minimum Gasteiger partial charge on any atom is -0.389 e. The van der Waals surface area contributed by atoms with E-state index < -0.39 is 11.6 Å². The summed E-state index contributed by atoms with van der Waals surface area (Å²) in [6.07, 6.45) is -0.135. The van der Waals surface area contributed by atoms with Gasteiger partial charge in [0.15, 0.2) is 5.65 Å². The lowest BCUT2D eigenvalue weighted by Crippen LogP contribution is -2.61. The molecular formula is C21H25N5O2. The first-order valence-corrected chi connectivity index (χ1v) is 9.50. The quantitative estimate of drug-likeness (QED) is 0.642. The monoisotopic (exact) mass is 379 g/mol. The van der Waals surface area contributed by atoms with Crippen LogP contribution in [0.1, 0.15) is 33.7 Å². The number of benzene rings is 1. The molecule has 1 saturated heterocycles. The van der Waals surface area contributed by atoms with Gasteiger partial charge in [0.2, 0.25) is 0 Å². The summed E-state index contributed by atoms with van der Waals surface area (Å²) >= 11 is 0. The minimum atomic E-state index is -0.844. The average molecular weight is 379 g/mol. The molecule has 0 bridgehead atoms. The molecule has 0 radical (unpaired) electrons. The zero-order valence-corrected chi connectivity index (χ0v) is 16.4. The minimum absolute atomic E-state index is 0.226. The summed E-state index contributed by atoms with van der Waals surface area (Å²) in [5, 5.41) is 22.4. The highest BCUT2D eigenvalue weighted by Gasteiger charge is 2.43. The van der Waals surface area contributed by atoms with E-state index in [9.17, 15) is 9.90 Å². The van der Waals surface area contributed by atoms with Gasteiger partial charge in [0.05, 0.1) is 28.3 Å². The van der Waals surface area contributed by atoms with Crippen LogP contribution in [0.2, 0.25) is 0 Å². The van der Waals surface area contributed by atoms with Crippen molar-refractivity contribution in [1.29, 1.82) is 0 Å². The second-order valence-electron chi connectivity index (χ2n) is 7.48. The summed E-state index contributed by atoms with van der Waals surface area (Å²) in [6, 6.07) is 11.5. The number of carbonyl (C=O) groups is 1. The summed E-state index contributed by atoms with van der Waals surface area (Å²) in [4.78, 5) is 18.0. The van der Waals surface area contributed by atoms with Crippen molar-refractivity contribution >= 4 is 16.9 Å². The first-order chi connectivity index (χ1) is 13.4. The third kappa shape index (κ3) is 2.96. The van der Waals surface area contributed by atoms with Crippen molar-refractivity contribution in [3.8, 4) is 0 Å². The molecule has 7 nitrogen and oxygen atoms in total. The van der Waals surface area contributed by atoms with Crippen LogP contribution in [-0.2, 0) is 12.6 Å². The third-order valence-electron chi connectivity index (χ3n) is 5.57. The topological polar surface area (TPSA) is 92.1 Å². The summed E-state index contributed by atoms with van der Waals surface area (Å²) in [5.41, 5.74) is 2.79. The maximum atomic E-state index is 13.5. The number of rotatable bonds is 3. The molecular weight excluding hydrogens is 354 g/mol. The van der Waals surface area contributed by atoms with Gasteiger partial charge in [0, 0.05) is 19.3 Å².